The van der Waals surface area contributed by atoms with Crippen LogP contribution in [-0.2, 0) is 0 Å². The maximum atomic E-state index is 4.57. The summed E-state index contributed by atoms with van der Waals surface area (Å²) >= 11 is 7.09. The Bertz CT molecular complexity index is 369. The van der Waals surface area contributed by atoms with Crippen LogP contribution in [0.5, 0.6) is 0 Å². The van der Waals surface area contributed by atoms with Crippen molar-refractivity contribution in [2.75, 3.05) is 6.54 Å². The van der Waals surface area contributed by atoms with Crippen LogP contribution < -0.4 is 5.32 Å². The van der Waals surface area contributed by atoms with Gasteiger partial charge in [-0.3, -0.25) is 4.98 Å². The van der Waals surface area contributed by atoms with Gasteiger partial charge in [0.25, 0.3) is 0 Å². The lowest BCUT2D eigenvalue weighted by Gasteiger charge is -2.19. The third-order valence-corrected chi connectivity index (χ3v) is 4.22. The molecule has 0 aliphatic carbocycles. The van der Waals surface area contributed by atoms with Crippen LogP contribution >= 0.6 is 31.9 Å². The van der Waals surface area contributed by atoms with Crippen molar-refractivity contribution < 1.29 is 0 Å². The second-order valence-electron chi connectivity index (χ2n) is 4.88. The summed E-state index contributed by atoms with van der Waals surface area (Å²) in [5.74, 6) is 0. The van der Waals surface area contributed by atoms with Crippen LogP contribution in [0.1, 0.15) is 64.1 Å². The summed E-state index contributed by atoms with van der Waals surface area (Å²) in [4.78, 5) is 4.57. The number of nitrogens with zero attached hydrogens (tertiary/aromatic N) is 1. The Morgan fingerprint density at radius 1 is 1.16 bits per heavy atom. The van der Waals surface area contributed by atoms with Crippen LogP contribution in [0.15, 0.2) is 21.2 Å². The Labute approximate surface area is 134 Å². The molecular weight excluding hydrogens is 368 g/mol. The SMILES string of the molecule is CCCCCCC(NCCC)c1ncc(Br)cc1Br. The standard InChI is InChI=1S/C15H24Br2N2/c1-3-5-6-7-8-14(18-9-4-2)15-13(17)10-12(16)11-19-15/h10-11,14,18H,3-9H2,1-2H3. The van der Waals surface area contributed by atoms with E-state index in [-0.39, 0.29) is 0 Å². The van der Waals surface area contributed by atoms with Gasteiger partial charge >= 0.3 is 0 Å². The number of nitrogens with one attached hydrogen (secondary N) is 1. The molecule has 19 heavy (non-hydrogen) atoms. The molecule has 0 aliphatic rings. The quantitative estimate of drug-likeness (QED) is 0.552. The molecule has 1 atom stereocenters. The first kappa shape index (κ1) is 17.1. The lowest BCUT2D eigenvalue weighted by Crippen LogP contribution is -2.23. The fourth-order valence-electron chi connectivity index (χ4n) is 2.11. The predicted molar refractivity (Wildman–Crippen MR) is 89.4 cm³/mol. The van der Waals surface area contributed by atoms with Crippen molar-refractivity contribution in [2.45, 2.75) is 58.4 Å². The number of rotatable bonds is 9. The lowest BCUT2D eigenvalue weighted by atomic mass is 10.0. The summed E-state index contributed by atoms with van der Waals surface area (Å²) in [7, 11) is 0. The van der Waals surface area contributed by atoms with Gasteiger partial charge in [0.05, 0.1) is 11.7 Å². The molecule has 0 radical (unpaired) electrons. The van der Waals surface area contributed by atoms with Crippen LogP contribution in [0.25, 0.3) is 0 Å². The summed E-state index contributed by atoms with van der Waals surface area (Å²) in [6.07, 6.45) is 9.39. The van der Waals surface area contributed by atoms with Crippen molar-refractivity contribution in [3.05, 3.63) is 26.9 Å². The van der Waals surface area contributed by atoms with Gasteiger partial charge in [0.1, 0.15) is 0 Å². The maximum absolute atomic E-state index is 4.57. The van der Waals surface area contributed by atoms with Gasteiger partial charge in [0.15, 0.2) is 0 Å². The number of hydrogen-bond donors (Lipinski definition) is 1. The lowest BCUT2D eigenvalue weighted by molar-refractivity contribution is 0.460. The molecule has 1 aromatic heterocycles. The molecule has 1 rings (SSSR count). The Kier molecular flexibility index (Phi) is 8.92. The van der Waals surface area contributed by atoms with Crippen LogP contribution in [-0.4, -0.2) is 11.5 Å². The fraction of sp³-hybridized carbons (Fsp3) is 0.667. The molecule has 0 saturated carbocycles. The Hall–Kier alpha value is 0.0700. The molecule has 1 aromatic rings. The second kappa shape index (κ2) is 9.89. The minimum atomic E-state index is 0.360. The topological polar surface area (TPSA) is 24.9 Å². The van der Waals surface area contributed by atoms with Crippen LogP contribution in [0.2, 0.25) is 0 Å². The van der Waals surface area contributed by atoms with Gasteiger partial charge in [-0.2, -0.15) is 0 Å². The van der Waals surface area contributed by atoms with E-state index < -0.39 is 0 Å². The van der Waals surface area contributed by atoms with Crippen molar-refractivity contribution in [3.63, 3.8) is 0 Å². The molecule has 4 heteroatoms. The molecule has 0 aliphatic heterocycles. The highest BCUT2D eigenvalue weighted by atomic mass is 79.9. The molecule has 108 valence electrons. The first-order valence-electron chi connectivity index (χ1n) is 7.23. The maximum Gasteiger partial charge on any atom is 0.0715 e. The summed E-state index contributed by atoms with van der Waals surface area (Å²) in [6.45, 7) is 5.49. The number of hydrogen-bond acceptors (Lipinski definition) is 2. The van der Waals surface area contributed by atoms with Crippen LogP contribution in [0, 0.1) is 0 Å². The van der Waals surface area contributed by atoms with Gasteiger partial charge in [-0.25, -0.2) is 0 Å². The van der Waals surface area contributed by atoms with E-state index in [9.17, 15) is 0 Å². The molecule has 1 N–H and O–H groups in total. The van der Waals surface area contributed by atoms with E-state index in [1.807, 2.05) is 6.20 Å². The van der Waals surface area contributed by atoms with Gasteiger partial charge in [-0.05, 0) is 57.3 Å². The zero-order valence-corrected chi connectivity index (χ0v) is 15.1. The monoisotopic (exact) mass is 390 g/mol. The minimum Gasteiger partial charge on any atom is -0.309 e. The van der Waals surface area contributed by atoms with Crippen molar-refractivity contribution in [1.29, 1.82) is 0 Å². The first-order valence-corrected chi connectivity index (χ1v) is 8.82. The Morgan fingerprint density at radius 2 is 1.95 bits per heavy atom. The highest BCUT2D eigenvalue weighted by Gasteiger charge is 2.15. The van der Waals surface area contributed by atoms with E-state index in [2.05, 4.69) is 62.1 Å². The second-order valence-corrected chi connectivity index (χ2v) is 6.65. The van der Waals surface area contributed by atoms with E-state index in [1.165, 1.54) is 25.7 Å². The van der Waals surface area contributed by atoms with Crippen molar-refractivity contribution in [2.24, 2.45) is 0 Å². The van der Waals surface area contributed by atoms with E-state index in [0.29, 0.717) is 6.04 Å². The molecule has 0 saturated heterocycles. The third kappa shape index (κ3) is 6.37. The van der Waals surface area contributed by atoms with Gasteiger partial charge in [0.2, 0.25) is 0 Å². The number of pyridine rings is 1. The molecular formula is C15H24Br2N2. The average Bonchev–Trinajstić information content (AvgIpc) is 2.39. The number of halogens is 2. The molecule has 0 bridgehead atoms. The van der Waals surface area contributed by atoms with E-state index >= 15 is 0 Å². The average molecular weight is 392 g/mol. The number of unbranched alkanes of at least 4 members (excludes halogenated alkanes) is 3. The van der Waals surface area contributed by atoms with E-state index in [4.69, 9.17) is 0 Å². The minimum absolute atomic E-state index is 0.360. The normalized spacial score (nSPS) is 12.6. The first-order chi connectivity index (χ1) is 9.19. The summed E-state index contributed by atoms with van der Waals surface area (Å²) in [5, 5.41) is 3.62. The van der Waals surface area contributed by atoms with Crippen molar-refractivity contribution >= 4 is 31.9 Å². The molecule has 1 unspecified atom stereocenters. The van der Waals surface area contributed by atoms with Crippen LogP contribution in [0.4, 0.5) is 0 Å². The third-order valence-electron chi connectivity index (χ3n) is 3.15. The molecule has 0 amide bonds. The summed E-state index contributed by atoms with van der Waals surface area (Å²) in [6, 6.07) is 2.44. The largest absolute Gasteiger partial charge is 0.309 e. The molecule has 0 aromatic carbocycles. The van der Waals surface area contributed by atoms with E-state index in [1.54, 1.807) is 0 Å². The Balaban J connectivity index is 2.66. The van der Waals surface area contributed by atoms with E-state index in [0.717, 1.165) is 34.0 Å². The highest BCUT2D eigenvalue weighted by molar-refractivity contribution is 9.11. The van der Waals surface area contributed by atoms with Crippen LogP contribution in [0.3, 0.4) is 0 Å². The molecule has 1 heterocycles. The molecule has 0 spiro atoms. The Morgan fingerprint density at radius 3 is 2.58 bits per heavy atom. The summed E-state index contributed by atoms with van der Waals surface area (Å²) < 4.78 is 2.11. The number of aromatic nitrogens is 1. The molecule has 2 nitrogen and oxygen atoms in total. The highest BCUT2D eigenvalue weighted by Crippen LogP contribution is 2.27. The van der Waals surface area contributed by atoms with Gasteiger partial charge < -0.3 is 5.32 Å². The zero-order valence-electron chi connectivity index (χ0n) is 11.9. The predicted octanol–water partition coefficient (Wildman–Crippen LogP) is 5.62. The van der Waals surface area contributed by atoms with Crippen molar-refractivity contribution in [1.82, 2.24) is 10.3 Å². The van der Waals surface area contributed by atoms with Gasteiger partial charge in [0, 0.05) is 15.1 Å². The smallest absolute Gasteiger partial charge is 0.0715 e. The summed E-state index contributed by atoms with van der Waals surface area (Å²) in [5.41, 5.74) is 1.13. The van der Waals surface area contributed by atoms with Crippen molar-refractivity contribution in [3.8, 4) is 0 Å². The zero-order chi connectivity index (χ0) is 14.1. The van der Waals surface area contributed by atoms with Gasteiger partial charge in [-0.15, -0.1) is 0 Å². The van der Waals surface area contributed by atoms with Gasteiger partial charge in [-0.1, -0.05) is 39.5 Å². The fourth-order valence-corrected chi connectivity index (χ4v) is 3.37. The molecule has 0 fully saturated rings.